The molecule has 1 atom stereocenters. The van der Waals surface area contributed by atoms with E-state index >= 15 is 0 Å². The maximum Gasteiger partial charge on any atom is 0.333 e. The van der Waals surface area contributed by atoms with Crippen molar-refractivity contribution in [2.24, 2.45) is 0 Å². The number of para-hydroxylation sites is 1. The molecule has 1 aromatic carbocycles. The van der Waals surface area contributed by atoms with Crippen LogP contribution in [0.4, 0.5) is 11.4 Å². The van der Waals surface area contributed by atoms with Gasteiger partial charge in [-0.2, -0.15) is 0 Å². The molecule has 0 aromatic heterocycles. The number of hydrogen-bond acceptors (Lipinski definition) is 5. The smallest absolute Gasteiger partial charge is 0.333 e. The number of nitrogens with one attached hydrogen (secondary N) is 2. The molecule has 1 fully saturated rings. The van der Waals surface area contributed by atoms with Crippen molar-refractivity contribution < 1.29 is 9.66 Å². The molecule has 1 saturated heterocycles. The van der Waals surface area contributed by atoms with Crippen molar-refractivity contribution in [2.75, 3.05) is 25.0 Å². The highest BCUT2D eigenvalue weighted by Crippen LogP contribution is 2.34. The van der Waals surface area contributed by atoms with Crippen LogP contribution in [0.1, 0.15) is 26.2 Å². The van der Waals surface area contributed by atoms with Crippen LogP contribution in [0.5, 0.6) is 5.75 Å². The molecule has 1 unspecified atom stereocenters. The summed E-state index contributed by atoms with van der Waals surface area (Å²) >= 11 is 0. The Morgan fingerprint density at radius 3 is 3.00 bits per heavy atom. The first-order valence-corrected chi connectivity index (χ1v) is 7.09. The second kappa shape index (κ2) is 7.09. The van der Waals surface area contributed by atoms with Crippen molar-refractivity contribution in [3.8, 4) is 5.75 Å². The van der Waals surface area contributed by atoms with Gasteiger partial charge in [-0.05, 0) is 38.4 Å². The molecule has 110 valence electrons. The largest absolute Gasteiger partial charge is 0.487 e. The van der Waals surface area contributed by atoms with Gasteiger partial charge in [0.05, 0.1) is 11.5 Å². The third-order valence-corrected chi connectivity index (χ3v) is 3.43. The molecule has 0 spiro atoms. The lowest BCUT2D eigenvalue weighted by Crippen LogP contribution is -2.39. The van der Waals surface area contributed by atoms with Crippen LogP contribution >= 0.6 is 0 Å². The van der Waals surface area contributed by atoms with Gasteiger partial charge in [0.1, 0.15) is 5.69 Å². The predicted molar refractivity (Wildman–Crippen MR) is 78.4 cm³/mol. The number of nitro groups is 1. The van der Waals surface area contributed by atoms with Crippen LogP contribution in [0.2, 0.25) is 0 Å². The number of rotatable bonds is 6. The molecular weight excluding hydrogens is 258 g/mol. The fraction of sp³-hybridized carbons (Fsp3) is 0.571. The van der Waals surface area contributed by atoms with Crippen molar-refractivity contribution >= 4 is 11.4 Å². The maximum absolute atomic E-state index is 11.2. The van der Waals surface area contributed by atoms with Gasteiger partial charge in [0.25, 0.3) is 0 Å². The van der Waals surface area contributed by atoms with E-state index in [0.29, 0.717) is 30.6 Å². The van der Waals surface area contributed by atoms with Crippen LogP contribution < -0.4 is 15.4 Å². The Morgan fingerprint density at radius 1 is 1.50 bits per heavy atom. The summed E-state index contributed by atoms with van der Waals surface area (Å²) in [5.41, 5.74) is 0.540. The van der Waals surface area contributed by atoms with E-state index in [9.17, 15) is 10.1 Å². The maximum atomic E-state index is 11.2. The average Bonchev–Trinajstić information content (AvgIpc) is 2.46. The summed E-state index contributed by atoms with van der Waals surface area (Å²) in [6, 6.07) is 5.50. The second-order valence-electron chi connectivity index (χ2n) is 4.87. The molecule has 2 N–H and O–H groups in total. The molecule has 0 bridgehead atoms. The average molecular weight is 279 g/mol. The summed E-state index contributed by atoms with van der Waals surface area (Å²) < 4.78 is 5.33. The van der Waals surface area contributed by atoms with E-state index < -0.39 is 0 Å². The Labute approximate surface area is 118 Å². The monoisotopic (exact) mass is 279 g/mol. The number of nitrogens with zero attached hydrogens (tertiary/aromatic N) is 1. The predicted octanol–water partition coefficient (Wildman–Crippen LogP) is 2.55. The van der Waals surface area contributed by atoms with Crippen LogP contribution in [0, 0.1) is 10.1 Å². The first-order chi connectivity index (χ1) is 9.72. The summed E-state index contributed by atoms with van der Waals surface area (Å²) in [6.07, 6.45) is 3.52. The van der Waals surface area contributed by atoms with Crippen LogP contribution in [0.3, 0.4) is 0 Å². The van der Waals surface area contributed by atoms with Gasteiger partial charge >= 0.3 is 5.69 Å². The third kappa shape index (κ3) is 3.60. The van der Waals surface area contributed by atoms with Gasteiger partial charge in [0.15, 0.2) is 5.75 Å². The zero-order valence-electron chi connectivity index (χ0n) is 11.7. The van der Waals surface area contributed by atoms with Gasteiger partial charge in [-0.15, -0.1) is 0 Å². The number of ether oxygens (including phenoxy) is 1. The Hall–Kier alpha value is -1.82. The second-order valence-corrected chi connectivity index (χ2v) is 4.87. The topological polar surface area (TPSA) is 76.4 Å². The summed E-state index contributed by atoms with van der Waals surface area (Å²) in [7, 11) is 0. The molecule has 0 radical (unpaired) electrons. The van der Waals surface area contributed by atoms with Gasteiger partial charge < -0.3 is 15.4 Å². The van der Waals surface area contributed by atoms with E-state index in [0.717, 1.165) is 13.0 Å². The molecule has 1 aliphatic rings. The minimum Gasteiger partial charge on any atom is -0.487 e. The standard InChI is InChI=1S/C14H21N3O3/c1-2-20-13-8-5-7-12(14(13)17(18)19)16-10-11-6-3-4-9-15-11/h5,7-8,11,15-16H,2-4,6,9-10H2,1H3. The van der Waals surface area contributed by atoms with Crippen molar-refractivity contribution in [1.29, 1.82) is 0 Å². The zero-order valence-corrected chi connectivity index (χ0v) is 11.7. The number of hydrogen-bond donors (Lipinski definition) is 2. The van der Waals surface area contributed by atoms with Crippen molar-refractivity contribution in [3.05, 3.63) is 28.3 Å². The van der Waals surface area contributed by atoms with Crippen LogP contribution in [0.15, 0.2) is 18.2 Å². The van der Waals surface area contributed by atoms with Crippen molar-refractivity contribution in [3.63, 3.8) is 0 Å². The summed E-state index contributed by atoms with van der Waals surface area (Å²) in [5, 5.41) is 17.8. The van der Waals surface area contributed by atoms with Gasteiger partial charge in [-0.1, -0.05) is 12.5 Å². The Morgan fingerprint density at radius 2 is 2.35 bits per heavy atom. The number of benzene rings is 1. The highest BCUT2D eigenvalue weighted by Gasteiger charge is 2.21. The number of anilines is 1. The molecule has 6 heteroatoms. The fourth-order valence-electron chi connectivity index (χ4n) is 2.46. The Bertz CT molecular complexity index is 459. The molecule has 0 saturated carbocycles. The van der Waals surface area contributed by atoms with Crippen LogP contribution in [0.25, 0.3) is 0 Å². The molecule has 0 amide bonds. The van der Waals surface area contributed by atoms with Crippen molar-refractivity contribution in [1.82, 2.24) is 5.32 Å². The first-order valence-electron chi connectivity index (χ1n) is 7.09. The van der Waals surface area contributed by atoms with Gasteiger partial charge in [0.2, 0.25) is 0 Å². The normalized spacial score (nSPS) is 18.6. The molecule has 6 nitrogen and oxygen atoms in total. The lowest BCUT2D eigenvalue weighted by Gasteiger charge is -2.24. The highest BCUT2D eigenvalue weighted by molar-refractivity contribution is 5.68. The van der Waals surface area contributed by atoms with E-state index in [1.807, 2.05) is 6.92 Å². The third-order valence-electron chi connectivity index (χ3n) is 3.43. The quantitative estimate of drug-likeness (QED) is 0.618. The molecule has 1 heterocycles. The van der Waals surface area contributed by atoms with Crippen LogP contribution in [-0.4, -0.2) is 30.7 Å². The number of nitro benzene ring substituents is 1. The Balaban J connectivity index is 2.09. The van der Waals surface area contributed by atoms with Gasteiger partial charge in [-0.25, -0.2) is 0 Å². The molecule has 0 aliphatic carbocycles. The van der Waals surface area contributed by atoms with E-state index in [2.05, 4.69) is 10.6 Å². The van der Waals surface area contributed by atoms with Gasteiger partial charge in [0, 0.05) is 12.6 Å². The molecule has 1 aromatic rings. The van der Waals surface area contributed by atoms with E-state index in [-0.39, 0.29) is 10.6 Å². The van der Waals surface area contributed by atoms with E-state index in [1.165, 1.54) is 12.8 Å². The first kappa shape index (κ1) is 14.6. The lowest BCUT2D eigenvalue weighted by atomic mass is 10.1. The molecule has 2 rings (SSSR count). The minimum absolute atomic E-state index is 0.0187. The highest BCUT2D eigenvalue weighted by atomic mass is 16.6. The fourth-order valence-corrected chi connectivity index (χ4v) is 2.46. The van der Waals surface area contributed by atoms with Gasteiger partial charge in [-0.3, -0.25) is 10.1 Å². The summed E-state index contributed by atoms with van der Waals surface area (Å²) in [4.78, 5) is 10.9. The summed E-state index contributed by atoms with van der Waals surface area (Å²) in [5.74, 6) is 0.319. The zero-order chi connectivity index (χ0) is 14.4. The van der Waals surface area contributed by atoms with Crippen LogP contribution in [-0.2, 0) is 0 Å². The molecule has 20 heavy (non-hydrogen) atoms. The van der Waals surface area contributed by atoms with E-state index in [1.54, 1.807) is 18.2 Å². The molecular formula is C14H21N3O3. The molecule has 1 aliphatic heterocycles. The van der Waals surface area contributed by atoms with Crippen molar-refractivity contribution in [2.45, 2.75) is 32.2 Å². The summed E-state index contributed by atoms with van der Waals surface area (Å²) in [6.45, 7) is 3.94. The van der Waals surface area contributed by atoms with E-state index in [4.69, 9.17) is 4.74 Å². The Kier molecular flexibility index (Phi) is 5.17. The number of piperidine rings is 1. The lowest BCUT2D eigenvalue weighted by molar-refractivity contribution is -0.384. The SMILES string of the molecule is CCOc1cccc(NCC2CCCCN2)c1[N+](=O)[O-]. The minimum atomic E-state index is -0.387.